The molecule has 5 rings (SSSR count). The minimum absolute atomic E-state index is 0.119. The number of aliphatic hydroxyl groups excluding tert-OH is 1. The summed E-state index contributed by atoms with van der Waals surface area (Å²) in [6.45, 7) is 6.83. The van der Waals surface area contributed by atoms with E-state index in [1.54, 1.807) is 18.3 Å². The molecule has 0 spiro atoms. The molecule has 6 nitrogen and oxygen atoms in total. The van der Waals surface area contributed by atoms with Gasteiger partial charge in [0.15, 0.2) is 6.29 Å². The summed E-state index contributed by atoms with van der Waals surface area (Å²) in [6, 6.07) is 25.0. The molecule has 3 N–H and O–H groups in total. The van der Waals surface area contributed by atoms with Crippen molar-refractivity contribution in [2.45, 2.75) is 39.6 Å². The van der Waals surface area contributed by atoms with Crippen LogP contribution in [0.1, 0.15) is 57.6 Å². The molecule has 1 atom stereocenters. The second-order valence-electron chi connectivity index (χ2n) is 9.79. The topological polar surface area (TPSA) is 87.4 Å². The Bertz CT molecular complexity index is 1660. The van der Waals surface area contributed by atoms with Gasteiger partial charge in [-0.25, -0.2) is 4.98 Å². The Balaban J connectivity index is 1.38. The lowest BCUT2D eigenvalue weighted by Crippen LogP contribution is -2.26. The van der Waals surface area contributed by atoms with E-state index in [9.17, 15) is 15.0 Å². The van der Waals surface area contributed by atoms with Gasteiger partial charge >= 0.3 is 0 Å². The fraction of sp³-hybridized carbons (Fsp3) is 0.188. The maximum Gasteiger partial charge on any atom is 0.251 e. The number of nitrogens with zero attached hydrogens (tertiary/aromatic N) is 2. The number of rotatable bonds is 7. The van der Waals surface area contributed by atoms with E-state index in [2.05, 4.69) is 56.8 Å². The fourth-order valence-corrected chi connectivity index (χ4v) is 5.38. The number of aromatic nitrogens is 2. The van der Waals surface area contributed by atoms with Crippen molar-refractivity contribution in [3.05, 3.63) is 123 Å². The number of fused-ring (bicyclic) bond motifs is 1. The Morgan fingerprint density at radius 3 is 2.46 bits per heavy atom. The van der Waals surface area contributed by atoms with Crippen molar-refractivity contribution in [2.24, 2.45) is 0 Å². The van der Waals surface area contributed by atoms with Crippen molar-refractivity contribution in [1.29, 1.82) is 0 Å². The summed E-state index contributed by atoms with van der Waals surface area (Å²) in [6.07, 6.45) is 0.195. The first-order chi connectivity index (χ1) is 18.7. The van der Waals surface area contributed by atoms with Crippen molar-refractivity contribution in [1.82, 2.24) is 14.9 Å². The lowest BCUT2D eigenvalue weighted by Gasteiger charge is -2.15. The molecule has 0 saturated heterocycles. The number of nitrogens with one attached hydrogen (secondary N) is 1. The molecule has 7 heteroatoms. The number of aryl methyl sites for hydroxylation is 1. The van der Waals surface area contributed by atoms with Crippen LogP contribution < -0.4 is 5.32 Å². The largest absolute Gasteiger partial charge is 0.364 e. The van der Waals surface area contributed by atoms with E-state index < -0.39 is 6.29 Å². The molecule has 0 aliphatic carbocycles. The molecule has 1 unspecified atom stereocenters. The first-order valence-electron chi connectivity index (χ1n) is 12.8. The summed E-state index contributed by atoms with van der Waals surface area (Å²) < 4.78 is 3.00. The third-order valence-electron chi connectivity index (χ3n) is 7.34. The van der Waals surface area contributed by atoms with Crippen LogP contribution in [0.5, 0.6) is 0 Å². The van der Waals surface area contributed by atoms with Crippen LogP contribution >= 0.6 is 15.9 Å². The molecular weight excluding hydrogens is 554 g/mol. The molecule has 0 saturated carbocycles. The lowest BCUT2D eigenvalue weighted by molar-refractivity contribution is -0.0420. The summed E-state index contributed by atoms with van der Waals surface area (Å²) in [5, 5.41) is 23.6. The van der Waals surface area contributed by atoms with Gasteiger partial charge in [-0.2, -0.15) is 0 Å². The van der Waals surface area contributed by atoms with Crippen molar-refractivity contribution in [3.63, 3.8) is 0 Å². The van der Waals surface area contributed by atoms with Gasteiger partial charge in [0, 0.05) is 40.5 Å². The van der Waals surface area contributed by atoms with Gasteiger partial charge < -0.3 is 20.1 Å². The highest BCUT2D eigenvalue weighted by molar-refractivity contribution is 9.10. The van der Waals surface area contributed by atoms with Crippen LogP contribution in [-0.4, -0.2) is 25.7 Å². The average molecular weight is 585 g/mol. The summed E-state index contributed by atoms with van der Waals surface area (Å²) in [7, 11) is 0. The van der Waals surface area contributed by atoms with Crippen LogP contribution in [0, 0.1) is 13.8 Å². The number of amides is 1. The Kier molecular flexibility index (Phi) is 7.66. The van der Waals surface area contributed by atoms with Gasteiger partial charge in [0.2, 0.25) is 0 Å². The summed E-state index contributed by atoms with van der Waals surface area (Å²) >= 11 is 3.39. The standard InChI is InChI=1S/C32H30BrN3O3/c1-19-21(3)36(18-22-8-10-23(11-9-22)26-6-4-5-7-27(26)32(38)39)29-13-12-25(16-28(19)29)31(37)35-20(2)24-14-15-34-30(33)17-24/h4-17,20,32,38-39H,18H2,1-3H3,(H,35,37). The van der Waals surface area contributed by atoms with Gasteiger partial charge in [-0.3, -0.25) is 4.79 Å². The van der Waals surface area contributed by atoms with E-state index in [0.717, 1.165) is 49.0 Å². The lowest BCUT2D eigenvalue weighted by atomic mass is 9.98. The smallest absolute Gasteiger partial charge is 0.251 e. The van der Waals surface area contributed by atoms with Crippen LogP contribution in [0.25, 0.3) is 22.0 Å². The third-order valence-corrected chi connectivity index (χ3v) is 7.78. The molecule has 0 aliphatic heterocycles. The van der Waals surface area contributed by atoms with E-state index in [4.69, 9.17) is 0 Å². The zero-order valence-corrected chi connectivity index (χ0v) is 23.6. The zero-order valence-electron chi connectivity index (χ0n) is 22.0. The minimum atomic E-state index is -1.52. The van der Waals surface area contributed by atoms with E-state index in [1.165, 1.54) is 0 Å². The third kappa shape index (κ3) is 5.52. The number of pyridine rings is 1. The molecule has 5 aromatic rings. The van der Waals surface area contributed by atoms with Gasteiger partial charge in [0.05, 0.1) is 6.04 Å². The number of halogens is 1. The maximum absolute atomic E-state index is 13.1. The molecule has 0 bridgehead atoms. The molecule has 39 heavy (non-hydrogen) atoms. The Morgan fingerprint density at radius 2 is 1.74 bits per heavy atom. The highest BCUT2D eigenvalue weighted by atomic mass is 79.9. The van der Waals surface area contributed by atoms with Gasteiger partial charge in [-0.1, -0.05) is 48.5 Å². The van der Waals surface area contributed by atoms with Gasteiger partial charge in [0.1, 0.15) is 4.60 Å². The first kappa shape index (κ1) is 26.8. The highest BCUT2D eigenvalue weighted by Crippen LogP contribution is 2.30. The average Bonchev–Trinajstić information content (AvgIpc) is 3.17. The van der Waals surface area contributed by atoms with Crippen LogP contribution in [-0.2, 0) is 6.54 Å². The quantitative estimate of drug-likeness (QED) is 0.149. The molecule has 198 valence electrons. The Labute approximate surface area is 236 Å². The molecule has 2 aromatic heterocycles. The number of hydrogen-bond acceptors (Lipinski definition) is 4. The molecule has 3 aromatic carbocycles. The van der Waals surface area contributed by atoms with Gasteiger partial charge in [-0.05, 0) is 94.9 Å². The Morgan fingerprint density at radius 1 is 1.00 bits per heavy atom. The first-order valence-corrected chi connectivity index (χ1v) is 13.6. The zero-order chi connectivity index (χ0) is 27.7. The summed E-state index contributed by atoms with van der Waals surface area (Å²) in [5.41, 5.74) is 8.30. The maximum atomic E-state index is 13.1. The van der Waals surface area contributed by atoms with Crippen molar-refractivity contribution in [3.8, 4) is 11.1 Å². The van der Waals surface area contributed by atoms with Crippen LogP contribution in [0.4, 0.5) is 0 Å². The summed E-state index contributed by atoms with van der Waals surface area (Å²) in [5.74, 6) is -0.119. The number of hydrogen-bond donors (Lipinski definition) is 3. The number of aliphatic hydroxyl groups is 2. The van der Waals surface area contributed by atoms with E-state index >= 15 is 0 Å². The highest BCUT2D eigenvalue weighted by Gasteiger charge is 2.17. The van der Waals surface area contributed by atoms with E-state index in [-0.39, 0.29) is 11.9 Å². The van der Waals surface area contributed by atoms with Crippen LogP contribution in [0.2, 0.25) is 0 Å². The monoisotopic (exact) mass is 583 g/mol. The second-order valence-corrected chi connectivity index (χ2v) is 10.6. The van der Waals surface area contributed by atoms with Gasteiger partial charge in [0.25, 0.3) is 5.91 Å². The molecule has 0 aliphatic rings. The SMILES string of the molecule is Cc1c(C)n(Cc2ccc(-c3ccccc3C(O)O)cc2)c2ccc(C(=O)NC(C)c3ccnc(Br)c3)cc12. The second kappa shape index (κ2) is 11.1. The van der Waals surface area contributed by atoms with E-state index in [1.807, 2.05) is 61.5 Å². The predicted molar refractivity (Wildman–Crippen MR) is 157 cm³/mol. The van der Waals surface area contributed by atoms with Crippen molar-refractivity contribution in [2.75, 3.05) is 0 Å². The molecule has 0 radical (unpaired) electrons. The summed E-state index contributed by atoms with van der Waals surface area (Å²) in [4.78, 5) is 17.2. The number of carbonyl (C=O) groups is 1. The number of carbonyl (C=O) groups excluding carboxylic acids is 1. The van der Waals surface area contributed by atoms with Crippen molar-refractivity contribution < 1.29 is 15.0 Å². The molecule has 0 fully saturated rings. The Hall–Kier alpha value is -3.78. The van der Waals surface area contributed by atoms with Crippen LogP contribution in [0.15, 0.2) is 89.7 Å². The van der Waals surface area contributed by atoms with Crippen molar-refractivity contribution >= 4 is 32.7 Å². The van der Waals surface area contributed by atoms with Crippen LogP contribution in [0.3, 0.4) is 0 Å². The van der Waals surface area contributed by atoms with E-state index in [0.29, 0.717) is 17.7 Å². The predicted octanol–water partition coefficient (Wildman–Crippen LogP) is 6.61. The molecule has 2 heterocycles. The molecular formula is C32H30BrN3O3. The number of benzene rings is 3. The fourth-order valence-electron chi connectivity index (χ4n) is 5.00. The molecule has 1 amide bonds. The van der Waals surface area contributed by atoms with Gasteiger partial charge in [-0.15, -0.1) is 0 Å². The minimum Gasteiger partial charge on any atom is -0.364 e. The normalized spacial score (nSPS) is 12.2.